The molecule has 1 saturated heterocycles. The molecule has 3 aromatic carbocycles. The lowest BCUT2D eigenvalue weighted by molar-refractivity contribution is 0.876. The van der Waals surface area contributed by atoms with Crippen LogP contribution in [-0.4, -0.2) is 6.71 Å². The van der Waals surface area contributed by atoms with Crippen LogP contribution in [0.4, 0.5) is 0 Å². The van der Waals surface area contributed by atoms with Gasteiger partial charge in [0, 0.05) is 0 Å². The molecule has 0 aromatic heterocycles. The molecule has 0 unspecified atom stereocenters. The van der Waals surface area contributed by atoms with Crippen molar-refractivity contribution in [3.63, 3.8) is 0 Å². The van der Waals surface area contributed by atoms with E-state index < -0.39 is 0 Å². The highest BCUT2D eigenvalue weighted by Crippen LogP contribution is 2.57. The first kappa shape index (κ1) is 21.0. The molecule has 0 N–H and O–H groups in total. The van der Waals surface area contributed by atoms with Crippen molar-refractivity contribution in [2.24, 2.45) is 0 Å². The molecule has 154 valence electrons. The molecule has 0 nitrogen and oxygen atoms in total. The van der Waals surface area contributed by atoms with Gasteiger partial charge in [-0.1, -0.05) is 76.0 Å². The highest BCUT2D eigenvalue weighted by atomic mass is 14.4. The maximum absolute atomic E-state index is 2.38. The SMILES string of the molecule is Cc1cc(C)c(B2CC2(c2c(C)cc(C)cc2C)c2c(C)cc(C)cc2C)c(C)c1. The zero-order chi connectivity index (χ0) is 22.0. The number of hydrogen-bond acceptors (Lipinski definition) is 0. The summed E-state index contributed by atoms with van der Waals surface area (Å²) < 4.78 is 0. The second kappa shape index (κ2) is 7.15. The fraction of sp³-hybridized carbons (Fsp3) is 0.379. The Morgan fingerprint density at radius 1 is 0.500 bits per heavy atom. The summed E-state index contributed by atoms with van der Waals surface area (Å²) in [6.45, 7) is 21.1. The van der Waals surface area contributed by atoms with Gasteiger partial charge < -0.3 is 0 Å². The van der Waals surface area contributed by atoms with E-state index in [9.17, 15) is 0 Å². The minimum absolute atomic E-state index is 0.0779. The molecular formula is C29H35B. The van der Waals surface area contributed by atoms with Crippen LogP contribution in [0.2, 0.25) is 6.32 Å². The fourth-order valence-electron chi connectivity index (χ4n) is 6.80. The van der Waals surface area contributed by atoms with E-state index in [-0.39, 0.29) is 5.31 Å². The van der Waals surface area contributed by atoms with Crippen LogP contribution < -0.4 is 5.46 Å². The van der Waals surface area contributed by atoms with Crippen LogP contribution in [-0.2, 0) is 5.31 Å². The van der Waals surface area contributed by atoms with Gasteiger partial charge in [-0.15, -0.1) is 0 Å². The van der Waals surface area contributed by atoms with E-state index in [1.165, 1.54) is 56.4 Å². The highest BCUT2D eigenvalue weighted by Gasteiger charge is 2.62. The van der Waals surface area contributed by atoms with Crippen LogP contribution in [0.5, 0.6) is 0 Å². The second-order valence-electron chi connectivity index (χ2n) is 10.1. The number of rotatable bonds is 3. The Kier molecular flexibility index (Phi) is 5.00. The molecule has 1 aliphatic heterocycles. The average molecular weight is 394 g/mol. The number of aryl methyl sites for hydroxylation is 9. The van der Waals surface area contributed by atoms with Gasteiger partial charge in [0.25, 0.3) is 0 Å². The topological polar surface area (TPSA) is 0 Å². The zero-order valence-corrected chi connectivity index (χ0v) is 20.2. The summed E-state index contributed by atoms with van der Waals surface area (Å²) in [7, 11) is 0. The normalized spacial score (nSPS) is 14.9. The highest BCUT2D eigenvalue weighted by molar-refractivity contribution is 6.87. The van der Waals surface area contributed by atoms with Crippen LogP contribution in [0.25, 0.3) is 0 Å². The van der Waals surface area contributed by atoms with E-state index in [0.717, 1.165) is 0 Å². The quantitative estimate of drug-likeness (QED) is 0.434. The minimum Gasteiger partial charge on any atom is -0.0730 e. The Morgan fingerprint density at radius 2 is 0.800 bits per heavy atom. The third-order valence-corrected chi connectivity index (χ3v) is 7.29. The molecule has 1 aliphatic rings. The predicted octanol–water partition coefficient (Wildman–Crippen LogP) is 6.70. The van der Waals surface area contributed by atoms with Crippen molar-refractivity contribution >= 4 is 12.2 Å². The Hall–Kier alpha value is -2.28. The maximum atomic E-state index is 2.38. The molecule has 0 spiro atoms. The summed E-state index contributed by atoms with van der Waals surface area (Å²) >= 11 is 0. The Labute approximate surface area is 183 Å². The minimum atomic E-state index is 0.0779. The molecule has 4 rings (SSSR count). The van der Waals surface area contributed by atoms with Gasteiger partial charge in [0.05, 0.1) is 0 Å². The van der Waals surface area contributed by atoms with Crippen molar-refractivity contribution in [1.29, 1.82) is 0 Å². The molecule has 30 heavy (non-hydrogen) atoms. The Bertz CT molecular complexity index is 1040. The van der Waals surface area contributed by atoms with Crippen molar-refractivity contribution in [2.75, 3.05) is 0 Å². The van der Waals surface area contributed by atoms with Crippen molar-refractivity contribution in [3.8, 4) is 0 Å². The molecule has 1 heteroatoms. The van der Waals surface area contributed by atoms with Crippen LogP contribution in [0.1, 0.15) is 61.2 Å². The summed E-state index contributed by atoms with van der Waals surface area (Å²) in [4.78, 5) is 0. The number of benzene rings is 3. The third-order valence-electron chi connectivity index (χ3n) is 7.29. The van der Waals surface area contributed by atoms with Crippen LogP contribution >= 0.6 is 0 Å². The lowest BCUT2D eigenvalue weighted by Crippen LogP contribution is -2.33. The molecule has 0 amide bonds. The van der Waals surface area contributed by atoms with Gasteiger partial charge in [-0.05, 0) is 101 Å². The first-order valence-electron chi connectivity index (χ1n) is 11.3. The Balaban J connectivity index is 2.04. The maximum Gasteiger partial charge on any atom is 0.192 e. The van der Waals surface area contributed by atoms with E-state index >= 15 is 0 Å². The molecule has 0 aliphatic carbocycles. The lowest BCUT2D eigenvalue weighted by Gasteiger charge is -2.29. The Morgan fingerprint density at radius 3 is 1.13 bits per heavy atom. The third kappa shape index (κ3) is 3.14. The second-order valence-corrected chi connectivity index (χ2v) is 10.1. The van der Waals surface area contributed by atoms with Gasteiger partial charge in [-0.2, -0.15) is 0 Å². The summed E-state index contributed by atoms with van der Waals surface area (Å²) in [5, 5.41) is 0.0779. The smallest absolute Gasteiger partial charge is 0.0730 e. The van der Waals surface area contributed by atoms with Gasteiger partial charge in [-0.3, -0.25) is 0 Å². The first-order valence-corrected chi connectivity index (χ1v) is 11.3. The molecule has 1 heterocycles. The number of hydrogen-bond donors (Lipinski definition) is 0. The van der Waals surface area contributed by atoms with Crippen LogP contribution in [0.15, 0.2) is 36.4 Å². The van der Waals surface area contributed by atoms with Crippen LogP contribution in [0.3, 0.4) is 0 Å². The van der Waals surface area contributed by atoms with Gasteiger partial charge >= 0.3 is 0 Å². The molecule has 0 saturated carbocycles. The van der Waals surface area contributed by atoms with Gasteiger partial charge in [-0.25, -0.2) is 0 Å². The molecular weight excluding hydrogens is 359 g/mol. The molecule has 1 fully saturated rings. The van der Waals surface area contributed by atoms with Crippen molar-refractivity contribution in [2.45, 2.75) is 73.9 Å². The lowest BCUT2D eigenvalue weighted by atomic mass is 9.49. The van der Waals surface area contributed by atoms with Gasteiger partial charge in [0.1, 0.15) is 0 Å². The van der Waals surface area contributed by atoms with Crippen molar-refractivity contribution < 1.29 is 0 Å². The van der Waals surface area contributed by atoms with E-state index in [1.54, 1.807) is 16.6 Å². The molecule has 0 bridgehead atoms. The van der Waals surface area contributed by atoms with E-state index in [1.807, 2.05) is 0 Å². The van der Waals surface area contributed by atoms with E-state index in [2.05, 4.69) is 98.7 Å². The van der Waals surface area contributed by atoms with Crippen molar-refractivity contribution in [1.82, 2.24) is 0 Å². The molecule has 3 aromatic rings. The summed E-state index contributed by atoms with van der Waals surface area (Å²) in [5.41, 5.74) is 17.4. The van der Waals surface area contributed by atoms with E-state index in [0.29, 0.717) is 6.71 Å². The zero-order valence-electron chi connectivity index (χ0n) is 20.2. The summed E-state index contributed by atoms with van der Waals surface area (Å²) in [6, 6.07) is 14.3. The van der Waals surface area contributed by atoms with Crippen LogP contribution in [0, 0.1) is 62.3 Å². The standard InChI is InChI=1S/C29H35B/c1-17-10-20(4)26(21(5)11-17)29(27-22(6)12-18(2)13-23(27)7)16-30(29)28-24(8)14-19(3)15-25(28)9/h10-15H,16H2,1-9H3. The monoisotopic (exact) mass is 394 g/mol. The summed E-state index contributed by atoms with van der Waals surface area (Å²) in [5.74, 6) is 0. The largest absolute Gasteiger partial charge is 0.192 e. The van der Waals surface area contributed by atoms with E-state index in [4.69, 9.17) is 0 Å². The van der Waals surface area contributed by atoms with Gasteiger partial charge in [0.2, 0.25) is 0 Å². The first-order chi connectivity index (χ1) is 14.1. The summed E-state index contributed by atoms with van der Waals surface area (Å²) in [6.07, 6.45) is 1.20. The fourth-order valence-corrected chi connectivity index (χ4v) is 6.80. The molecule has 0 atom stereocenters. The average Bonchev–Trinajstić information content (AvgIpc) is 3.26. The van der Waals surface area contributed by atoms with Crippen molar-refractivity contribution in [3.05, 3.63) is 97.6 Å². The molecule has 0 radical (unpaired) electrons. The predicted molar refractivity (Wildman–Crippen MR) is 133 cm³/mol. The van der Waals surface area contributed by atoms with Gasteiger partial charge in [0.15, 0.2) is 6.71 Å².